The highest BCUT2D eigenvalue weighted by atomic mass is 35.5. The number of piperidine rings is 1. The number of H-pyrrole nitrogens is 2. The molecule has 3 aromatic heterocycles. The van der Waals surface area contributed by atoms with E-state index in [-0.39, 0.29) is 11.5 Å². The third-order valence-electron chi connectivity index (χ3n) is 5.75. The lowest BCUT2D eigenvalue weighted by Gasteiger charge is -2.28. The Kier molecular flexibility index (Phi) is 5.62. The molecule has 166 valence electrons. The Hall–Kier alpha value is -2.88. The van der Waals surface area contributed by atoms with E-state index in [1.54, 1.807) is 18.4 Å². The molecule has 0 amide bonds. The standard InChI is InChI=1S/C21H21Cl2N7O2/c1-30(12-4-5-13(22)14(23)7-12)18(19-26-15-9-25-29-17(15)20(31)28-19)16-10-32-21(27-16)11-3-2-6-24-8-11/h4-5,7,9-11,18,24H,2-3,6,8H2,1H3,(H,25,29)(H,26,28,31)/t11-,18?/m0/s1. The van der Waals surface area contributed by atoms with Crippen molar-refractivity contribution in [1.82, 2.24) is 30.5 Å². The van der Waals surface area contributed by atoms with E-state index in [0.29, 0.717) is 38.5 Å². The van der Waals surface area contributed by atoms with Crippen molar-refractivity contribution in [3.05, 3.63) is 68.5 Å². The van der Waals surface area contributed by atoms with Crippen molar-refractivity contribution in [3.63, 3.8) is 0 Å². The van der Waals surface area contributed by atoms with Crippen molar-refractivity contribution in [2.75, 3.05) is 25.0 Å². The summed E-state index contributed by atoms with van der Waals surface area (Å²) < 4.78 is 5.87. The Morgan fingerprint density at radius 2 is 2.12 bits per heavy atom. The van der Waals surface area contributed by atoms with Gasteiger partial charge in [0.15, 0.2) is 5.89 Å². The van der Waals surface area contributed by atoms with Gasteiger partial charge in [0, 0.05) is 25.2 Å². The van der Waals surface area contributed by atoms with Crippen LogP contribution in [-0.2, 0) is 0 Å². The first-order chi connectivity index (χ1) is 15.5. The molecule has 1 aliphatic heterocycles. The summed E-state index contributed by atoms with van der Waals surface area (Å²) in [7, 11) is 1.88. The van der Waals surface area contributed by atoms with Gasteiger partial charge in [-0.2, -0.15) is 5.10 Å². The summed E-state index contributed by atoms with van der Waals surface area (Å²) in [5, 5.41) is 10.9. The van der Waals surface area contributed by atoms with Crippen molar-refractivity contribution < 1.29 is 4.42 Å². The Bertz CT molecular complexity index is 1310. The number of nitrogens with zero attached hydrogens (tertiary/aromatic N) is 4. The fraction of sp³-hybridized carbons (Fsp3) is 0.333. The number of anilines is 1. The van der Waals surface area contributed by atoms with Gasteiger partial charge in [0.1, 0.15) is 34.9 Å². The van der Waals surface area contributed by atoms with Gasteiger partial charge >= 0.3 is 0 Å². The number of benzene rings is 1. The van der Waals surface area contributed by atoms with Gasteiger partial charge in [0.25, 0.3) is 5.56 Å². The molecule has 3 N–H and O–H groups in total. The topological polar surface area (TPSA) is 116 Å². The van der Waals surface area contributed by atoms with Crippen molar-refractivity contribution in [3.8, 4) is 0 Å². The number of aromatic amines is 2. The van der Waals surface area contributed by atoms with Crippen LogP contribution in [-0.4, -0.2) is 45.3 Å². The molecular formula is C21H21Cl2N7O2. The van der Waals surface area contributed by atoms with Crippen LogP contribution in [0.4, 0.5) is 5.69 Å². The molecule has 1 fully saturated rings. The normalized spacial score (nSPS) is 17.5. The second kappa shape index (κ2) is 8.57. The average molecular weight is 474 g/mol. The minimum absolute atomic E-state index is 0.205. The summed E-state index contributed by atoms with van der Waals surface area (Å²) in [6.45, 7) is 1.83. The smallest absolute Gasteiger partial charge is 0.276 e. The number of fused-ring (bicyclic) bond motifs is 1. The molecular weight excluding hydrogens is 453 g/mol. The number of hydrogen-bond donors (Lipinski definition) is 3. The highest BCUT2D eigenvalue weighted by molar-refractivity contribution is 6.42. The van der Waals surface area contributed by atoms with E-state index in [0.717, 1.165) is 31.6 Å². The first kappa shape index (κ1) is 21.0. The zero-order chi connectivity index (χ0) is 22.2. The third kappa shape index (κ3) is 3.87. The van der Waals surface area contributed by atoms with Crippen LogP contribution in [0.3, 0.4) is 0 Å². The maximum Gasteiger partial charge on any atom is 0.276 e. The van der Waals surface area contributed by atoms with Gasteiger partial charge in [-0.1, -0.05) is 23.2 Å². The molecule has 5 rings (SSSR count). The molecule has 9 nitrogen and oxygen atoms in total. The molecule has 0 aliphatic carbocycles. The Morgan fingerprint density at radius 3 is 2.91 bits per heavy atom. The average Bonchev–Trinajstić information content (AvgIpc) is 3.47. The van der Waals surface area contributed by atoms with Crippen molar-refractivity contribution in [2.45, 2.75) is 24.8 Å². The highest BCUT2D eigenvalue weighted by Crippen LogP contribution is 2.34. The predicted octanol–water partition coefficient (Wildman–Crippen LogP) is 3.63. The van der Waals surface area contributed by atoms with E-state index >= 15 is 0 Å². The molecule has 0 saturated carbocycles. The van der Waals surface area contributed by atoms with E-state index in [1.165, 1.54) is 6.20 Å². The number of nitrogens with one attached hydrogen (secondary N) is 3. The fourth-order valence-corrected chi connectivity index (χ4v) is 4.34. The largest absolute Gasteiger partial charge is 0.448 e. The van der Waals surface area contributed by atoms with Gasteiger partial charge in [-0.25, -0.2) is 9.97 Å². The highest BCUT2D eigenvalue weighted by Gasteiger charge is 2.29. The first-order valence-electron chi connectivity index (χ1n) is 10.3. The SMILES string of the molecule is CN(c1ccc(Cl)c(Cl)c1)C(c1coc([C@H]2CCCNC2)n1)c1nc2cn[nH]c2c(=O)[nH]1. The van der Waals surface area contributed by atoms with Crippen molar-refractivity contribution >= 4 is 39.9 Å². The van der Waals surface area contributed by atoms with Crippen LogP contribution >= 0.6 is 23.2 Å². The minimum Gasteiger partial charge on any atom is -0.448 e. The number of halogens is 2. The molecule has 32 heavy (non-hydrogen) atoms. The van der Waals surface area contributed by atoms with Gasteiger partial charge in [0.05, 0.1) is 16.2 Å². The van der Waals surface area contributed by atoms with E-state index in [4.69, 9.17) is 32.6 Å². The summed E-state index contributed by atoms with van der Waals surface area (Å²) in [6, 6.07) is 4.80. The summed E-state index contributed by atoms with van der Waals surface area (Å²) in [4.78, 5) is 26.9. The van der Waals surface area contributed by atoms with Crippen LogP contribution in [0.2, 0.25) is 10.0 Å². The molecule has 1 aliphatic rings. The maximum atomic E-state index is 12.6. The van der Waals surface area contributed by atoms with Gasteiger partial charge in [-0.05, 0) is 37.6 Å². The third-order valence-corrected chi connectivity index (χ3v) is 6.49. The van der Waals surface area contributed by atoms with Crippen LogP contribution in [0.15, 0.2) is 39.9 Å². The van der Waals surface area contributed by atoms with Crippen LogP contribution in [0.1, 0.15) is 42.2 Å². The quantitative estimate of drug-likeness (QED) is 0.405. The van der Waals surface area contributed by atoms with Crippen LogP contribution in [0.5, 0.6) is 0 Å². The molecule has 2 atom stereocenters. The van der Waals surface area contributed by atoms with E-state index in [2.05, 4.69) is 25.5 Å². The van der Waals surface area contributed by atoms with Crippen LogP contribution in [0, 0.1) is 0 Å². The second-order valence-electron chi connectivity index (χ2n) is 7.85. The summed E-state index contributed by atoms with van der Waals surface area (Å²) in [5.41, 5.74) is 1.89. The van der Waals surface area contributed by atoms with Crippen molar-refractivity contribution in [2.24, 2.45) is 0 Å². The number of hydrogen-bond acceptors (Lipinski definition) is 7. The molecule has 0 bridgehead atoms. The van der Waals surface area contributed by atoms with Crippen molar-refractivity contribution in [1.29, 1.82) is 0 Å². The Labute approximate surface area is 193 Å². The maximum absolute atomic E-state index is 12.6. The lowest BCUT2D eigenvalue weighted by atomic mass is 10.00. The van der Waals surface area contributed by atoms with Crippen LogP contribution in [0.25, 0.3) is 11.0 Å². The zero-order valence-electron chi connectivity index (χ0n) is 17.2. The molecule has 4 aromatic rings. The molecule has 1 unspecified atom stereocenters. The molecule has 1 saturated heterocycles. The number of rotatable bonds is 5. The van der Waals surface area contributed by atoms with E-state index < -0.39 is 6.04 Å². The minimum atomic E-state index is -0.534. The van der Waals surface area contributed by atoms with E-state index in [1.807, 2.05) is 18.0 Å². The monoisotopic (exact) mass is 473 g/mol. The van der Waals surface area contributed by atoms with Gasteiger partial charge in [-0.15, -0.1) is 0 Å². The zero-order valence-corrected chi connectivity index (χ0v) is 18.7. The van der Waals surface area contributed by atoms with Gasteiger partial charge < -0.3 is 19.6 Å². The second-order valence-corrected chi connectivity index (χ2v) is 8.66. The molecule has 1 aromatic carbocycles. The fourth-order valence-electron chi connectivity index (χ4n) is 4.05. The van der Waals surface area contributed by atoms with E-state index in [9.17, 15) is 4.79 Å². The molecule has 0 spiro atoms. The summed E-state index contributed by atoms with van der Waals surface area (Å²) in [6.07, 6.45) is 5.23. The number of oxazole rings is 1. The van der Waals surface area contributed by atoms with Crippen LogP contribution < -0.4 is 15.8 Å². The first-order valence-corrected chi connectivity index (χ1v) is 11.0. The molecule has 11 heteroatoms. The predicted molar refractivity (Wildman–Crippen MR) is 123 cm³/mol. The van der Waals surface area contributed by atoms with Gasteiger partial charge in [-0.3, -0.25) is 9.89 Å². The Balaban J connectivity index is 1.60. The molecule has 4 heterocycles. The van der Waals surface area contributed by atoms with Gasteiger partial charge in [0.2, 0.25) is 0 Å². The summed E-state index contributed by atoms with van der Waals surface area (Å²) in [5.74, 6) is 1.29. The Morgan fingerprint density at radius 1 is 1.25 bits per heavy atom. The number of aromatic nitrogens is 5. The lowest BCUT2D eigenvalue weighted by Crippen LogP contribution is -2.30. The summed E-state index contributed by atoms with van der Waals surface area (Å²) >= 11 is 12.4. The molecule has 0 radical (unpaired) electrons. The lowest BCUT2D eigenvalue weighted by molar-refractivity contribution is 0.376.